The van der Waals surface area contributed by atoms with Gasteiger partial charge in [-0.1, -0.05) is 44.2 Å². The molecule has 0 fully saturated rings. The second-order valence-corrected chi connectivity index (χ2v) is 5.95. The standard InChI is InChI=1S/C18H21ClO/c1-14(2)8-13-18(19)15-9-11-17(12-10-15)20-16-6-4-3-5-7-16/h3-7,9-12,14,18H,8,13H2,1-2H3. The Labute approximate surface area is 126 Å². The molecule has 20 heavy (non-hydrogen) atoms. The van der Waals surface area contributed by atoms with E-state index in [9.17, 15) is 0 Å². The van der Waals surface area contributed by atoms with Crippen LogP contribution in [0.3, 0.4) is 0 Å². The molecule has 0 aromatic heterocycles. The fourth-order valence-corrected chi connectivity index (χ4v) is 2.29. The van der Waals surface area contributed by atoms with Gasteiger partial charge in [0.25, 0.3) is 0 Å². The Bertz CT molecular complexity index is 505. The van der Waals surface area contributed by atoms with Gasteiger partial charge in [0.1, 0.15) is 11.5 Å². The number of hydrogen-bond acceptors (Lipinski definition) is 1. The topological polar surface area (TPSA) is 9.23 Å². The summed E-state index contributed by atoms with van der Waals surface area (Å²) in [7, 11) is 0. The van der Waals surface area contributed by atoms with Crippen molar-refractivity contribution in [2.45, 2.75) is 32.1 Å². The Morgan fingerprint density at radius 3 is 2.05 bits per heavy atom. The zero-order valence-electron chi connectivity index (χ0n) is 12.1. The fourth-order valence-electron chi connectivity index (χ4n) is 2.02. The lowest BCUT2D eigenvalue weighted by atomic mass is 10.0. The van der Waals surface area contributed by atoms with Crippen molar-refractivity contribution in [3.8, 4) is 11.5 Å². The van der Waals surface area contributed by atoms with E-state index >= 15 is 0 Å². The second kappa shape index (κ2) is 7.35. The molecule has 106 valence electrons. The number of alkyl halides is 1. The Hall–Kier alpha value is -1.47. The van der Waals surface area contributed by atoms with Crippen molar-refractivity contribution >= 4 is 11.6 Å². The molecule has 2 heteroatoms. The maximum absolute atomic E-state index is 6.42. The minimum absolute atomic E-state index is 0.0863. The van der Waals surface area contributed by atoms with Gasteiger partial charge in [0.05, 0.1) is 5.38 Å². The van der Waals surface area contributed by atoms with Gasteiger partial charge in [0, 0.05) is 0 Å². The highest BCUT2D eigenvalue weighted by Crippen LogP contribution is 2.29. The number of benzene rings is 2. The van der Waals surface area contributed by atoms with Crippen LogP contribution in [0.2, 0.25) is 0 Å². The largest absolute Gasteiger partial charge is 0.457 e. The molecule has 2 rings (SSSR count). The van der Waals surface area contributed by atoms with Crippen LogP contribution in [0.15, 0.2) is 54.6 Å². The molecule has 1 unspecified atom stereocenters. The quantitative estimate of drug-likeness (QED) is 0.575. The molecule has 0 saturated carbocycles. The van der Waals surface area contributed by atoms with Crippen LogP contribution in [-0.4, -0.2) is 0 Å². The summed E-state index contributed by atoms with van der Waals surface area (Å²) in [6, 6.07) is 17.9. The Balaban J connectivity index is 1.96. The van der Waals surface area contributed by atoms with Crippen LogP contribution in [0.5, 0.6) is 11.5 Å². The molecule has 1 nitrogen and oxygen atoms in total. The van der Waals surface area contributed by atoms with Crippen LogP contribution in [0.1, 0.15) is 37.6 Å². The van der Waals surface area contributed by atoms with E-state index in [-0.39, 0.29) is 5.38 Å². The minimum atomic E-state index is 0.0863. The summed E-state index contributed by atoms with van der Waals surface area (Å²) in [5.41, 5.74) is 1.16. The van der Waals surface area contributed by atoms with Gasteiger partial charge in [-0.3, -0.25) is 0 Å². The average Bonchev–Trinajstić information content (AvgIpc) is 2.46. The first-order chi connectivity index (χ1) is 9.65. The highest BCUT2D eigenvalue weighted by atomic mass is 35.5. The summed E-state index contributed by atoms with van der Waals surface area (Å²) in [6.45, 7) is 4.45. The molecular weight excluding hydrogens is 268 g/mol. The monoisotopic (exact) mass is 288 g/mol. The van der Waals surface area contributed by atoms with Gasteiger partial charge in [-0.2, -0.15) is 0 Å². The minimum Gasteiger partial charge on any atom is -0.457 e. The first kappa shape index (κ1) is 14.9. The molecule has 0 aliphatic carbocycles. The van der Waals surface area contributed by atoms with Crippen molar-refractivity contribution in [1.29, 1.82) is 0 Å². The molecule has 1 atom stereocenters. The van der Waals surface area contributed by atoms with Crippen LogP contribution in [-0.2, 0) is 0 Å². The van der Waals surface area contributed by atoms with E-state index < -0.39 is 0 Å². The summed E-state index contributed by atoms with van der Waals surface area (Å²) < 4.78 is 5.77. The van der Waals surface area contributed by atoms with Crippen molar-refractivity contribution in [2.24, 2.45) is 5.92 Å². The first-order valence-corrected chi connectivity index (χ1v) is 7.55. The lowest BCUT2D eigenvalue weighted by Gasteiger charge is -2.12. The maximum atomic E-state index is 6.42. The SMILES string of the molecule is CC(C)CCC(Cl)c1ccc(Oc2ccccc2)cc1. The van der Waals surface area contributed by atoms with Crippen molar-refractivity contribution < 1.29 is 4.74 Å². The zero-order chi connectivity index (χ0) is 14.4. The molecule has 0 aliphatic heterocycles. The highest BCUT2D eigenvalue weighted by Gasteiger charge is 2.09. The van der Waals surface area contributed by atoms with Gasteiger partial charge in [-0.15, -0.1) is 11.6 Å². The second-order valence-electron chi connectivity index (χ2n) is 5.42. The highest BCUT2D eigenvalue weighted by molar-refractivity contribution is 6.20. The Kier molecular flexibility index (Phi) is 5.49. The Morgan fingerprint density at radius 2 is 1.45 bits per heavy atom. The summed E-state index contributed by atoms with van der Waals surface area (Å²) in [6.07, 6.45) is 2.16. The molecule has 0 saturated heterocycles. The van der Waals surface area contributed by atoms with Gasteiger partial charge >= 0.3 is 0 Å². The number of rotatable bonds is 6. The Morgan fingerprint density at radius 1 is 0.850 bits per heavy atom. The third-order valence-corrected chi connectivity index (χ3v) is 3.69. The summed E-state index contributed by atoms with van der Waals surface area (Å²) in [5.74, 6) is 2.38. The maximum Gasteiger partial charge on any atom is 0.127 e. The van der Waals surface area contributed by atoms with E-state index in [2.05, 4.69) is 26.0 Å². The lowest BCUT2D eigenvalue weighted by molar-refractivity contribution is 0.482. The van der Waals surface area contributed by atoms with Crippen molar-refractivity contribution in [2.75, 3.05) is 0 Å². The van der Waals surface area contributed by atoms with Crippen LogP contribution >= 0.6 is 11.6 Å². The van der Waals surface area contributed by atoms with Crippen molar-refractivity contribution in [3.05, 3.63) is 60.2 Å². The van der Waals surface area contributed by atoms with Gasteiger partial charge in [0.15, 0.2) is 0 Å². The van der Waals surface area contributed by atoms with E-state index in [0.717, 1.165) is 29.9 Å². The van der Waals surface area contributed by atoms with Gasteiger partial charge < -0.3 is 4.74 Å². The smallest absolute Gasteiger partial charge is 0.127 e. The third kappa shape index (κ3) is 4.57. The molecule has 0 N–H and O–H groups in total. The summed E-state index contributed by atoms with van der Waals surface area (Å²) in [4.78, 5) is 0. The lowest BCUT2D eigenvalue weighted by Crippen LogP contribution is -1.94. The molecule has 2 aromatic rings. The van der Waals surface area contributed by atoms with E-state index in [4.69, 9.17) is 16.3 Å². The molecule has 0 aliphatic rings. The summed E-state index contributed by atoms with van der Waals surface area (Å²) >= 11 is 6.42. The van der Waals surface area contributed by atoms with E-state index in [1.54, 1.807) is 0 Å². The van der Waals surface area contributed by atoms with E-state index in [1.807, 2.05) is 42.5 Å². The van der Waals surface area contributed by atoms with Crippen molar-refractivity contribution in [1.82, 2.24) is 0 Å². The van der Waals surface area contributed by atoms with E-state index in [0.29, 0.717) is 5.92 Å². The number of hydrogen-bond donors (Lipinski definition) is 0. The molecule has 0 amide bonds. The van der Waals surface area contributed by atoms with Crippen LogP contribution in [0, 0.1) is 5.92 Å². The molecule has 0 bridgehead atoms. The third-order valence-electron chi connectivity index (χ3n) is 3.22. The van der Waals surface area contributed by atoms with Gasteiger partial charge in [-0.25, -0.2) is 0 Å². The first-order valence-electron chi connectivity index (χ1n) is 7.12. The molecule has 2 aromatic carbocycles. The molecule has 0 heterocycles. The normalized spacial score (nSPS) is 12.4. The number of para-hydroxylation sites is 1. The average molecular weight is 289 g/mol. The number of ether oxygens (including phenoxy) is 1. The molecular formula is C18H21ClO. The predicted octanol–water partition coefficient (Wildman–Crippen LogP) is 6.20. The molecule has 0 radical (unpaired) electrons. The van der Waals surface area contributed by atoms with Crippen LogP contribution in [0.4, 0.5) is 0 Å². The molecule has 0 spiro atoms. The summed E-state index contributed by atoms with van der Waals surface area (Å²) in [5, 5.41) is 0.0863. The van der Waals surface area contributed by atoms with E-state index in [1.165, 1.54) is 0 Å². The zero-order valence-corrected chi connectivity index (χ0v) is 12.8. The predicted molar refractivity (Wildman–Crippen MR) is 85.6 cm³/mol. The van der Waals surface area contributed by atoms with Crippen LogP contribution < -0.4 is 4.74 Å². The van der Waals surface area contributed by atoms with Gasteiger partial charge in [-0.05, 0) is 48.6 Å². The van der Waals surface area contributed by atoms with Crippen molar-refractivity contribution in [3.63, 3.8) is 0 Å². The van der Waals surface area contributed by atoms with Gasteiger partial charge in [0.2, 0.25) is 0 Å². The fraction of sp³-hybridized carbons (Fsp3) is 0.333. The number of halogens is 1. The van der Waals surface area contributed by atoms with Crippen LogP contribution in [0.25, 0.3) is 0 Å².